The Morgan fingerprint density at radius 3 is 2.57 bits per heavy atom. The van der Waals surface area contributed by atoms with Crippen molar-refractivity contribution in [1.82, 2.24) is 14.5 Å². The van der Waals surface area contributed by atoms with Crippen LogP contribution in [0.3, 0.4) is 0 Å². The van der Waals surface area contributed by atoms with E-state index in [1.165, 1.54) is 12.8 Å². The fraction of sp³-hybridized carbons (Fsp3) is 1.00. The third-order valence-corrected chi connectivity index (χ3v) is 6.59. The molecule has 3 fully saturated rings. The van der Waals surface area contributed by atoms with Crippen molar-refractivity contribution in [3.8, 4) is 0 Å². The van der Waals surface area contributed by atoms with Crippen LogP contribution in [-0.2, 0) is 14.8 Å². The first kappa shape index (κ1) is 15.7. The summed E-state index contributed by atoms with van der Waals surface area (Å²) in [5.41, 5.74) is 0. The zero-order valence-corrected chi connectivity index (χ0v) is 13.5. The van der Waals surface area contributed by atoms with Gasteiger partial charge in [0.05, 0.1) is 19.0 Å². The van der Waals surface area contributed by atoms with Gasteiger partial charge < -0.3 is 10.1 Å². The lowest BCUT2D eigenvalue weighted by Crippen LogP contribution is -2.45. The van der Waals surface area contributed by atoms with E-state index in [0.29, 0.717) is 25.2 Å². The van der Waals surface area contributed by atoms with Gasteiger partial charge in [0.15, 0.2) is 0 Å². The first-order valence-corrected chi connectivity index (χ1v) is 9.79. The van der Waals surface area contributed by atoms with Crippen molar-refractivity contribution in [1.29, 1.82) is 0 Å². The van der Waals surface area contributed by atoms with Crippen LogP contribution in [0.2, 0.25) is 0 Å². The van der Waals surface area contributed by atoms with E-state index in [9.17, 15) is 8.42 Å². The van der Waals surface area contributed by atoms with Gasteiger partial charge in [0, 0.05) is 38.3 Å². The van der Waals surface area contributed by atoms with E-state index in [1.807, 2.05) is 0 Å². The summed E-state index contributed by atoms with van der Waals surface area (Å²) in [5, 5.41) is 3.38. The largest absolute Gasteiger partial charge is 0.379 e. The van der Waals surface area contributed by atoms with Crippen molar-refractivity contribution in [3.63, 3.8) is 0 Å². The Kier molecular flexibility index (Phi) is 5.16. The van der Waals surface area contributed by atoms with Crippen molar-refractivity contribution >= 4 is 10.0 Å². The summed E-state index contributed by atoms with van der Waals surface area (Å²) in [6.45, 7) is 5.59. The third kappa shape index (κ3) is 4.39. The van der Waals surface area contributed by atoms with Crippen molar-refractivity contribution in [2.24, 2.45) is 0 Å². The minimum absolute atomic E-state index is 0.280. The molecular formula is C14H27N3O3S. The molecule has 0 bridgehead atoms. The smallest absolute Gasteiger partial charge is 0.214 e. The number of ether oxygens (including phenoxy) is 1. The highest BCUT2D eigenvalue weighted by atomic mass is 32.2. The number of nitrogens with zero attached hydrogens (tertiary/aromatic N) is 2. The lowest BCUT2D eigenvalue weighted by Gasteiger charge is -2.32. The first-order chi connectivity index (χ1) is 10.1. The van der Waals surface area contributed by atoms with E-state index in [-0.39, 0.29) is 5.75 Å². The SMILES string of the molecule is O=S(=O)(CCCNC1CC1)N1CCC(N2CCOCC2)C1. The van der Waals surface area contributed by atoms with Gasteiger partial charge in [-0.3, -0.25) is 4.90 Å². The third-order valence-electron chi connectivity index (χ3n) is 4.67. The number of rotatable bonds is 7. The molecule has 6 nitrogen and oxygen atoms in total. The van der Waals surface area contributed by atoms with E-state index < -0.39 is 10.0 Å². The summed E-state index contributed by atoms with van der Waals surface area (Å²) >= 11 is 0. The minimum atomic E-state index is -3.07. The molecule has 1 unspecified atom stereocenters. The van der Waals surface area contributed by atoms with Gasteiger partial charge in [-0.05, 0) is 32.2 Å². The quantitative estimate of drug-likeness (QED) is 0.663. The van der Waals surface area contributed by atoms with E-state index >= 15 is 0 Å². The lowest BCUT2D eigenvalue weighted by atomic mass is 10.2. The highest BCUT2D eigenvalue weighted by molar-refractivity contribution is 7.89. The normalized spacial score (nSPS) is 29.0. The molecule has 2 heterocycles. The fourth-order valence-corrected chi connectivity index (χ4v) is 4.73. The topological polar surface area (TPSA) is 61.9 Å². The molecule has 1 aliphatic carbocycles. The monoisotopic (exact) mass is 317 g/mol. The molecule has 1 saturated carbocycles. The van der Waals surface area contributed by atoms with Crippen LogP contribution in [0.5, 0.6) is 0 Å². The van der Waals surface area contributed by atoms with Crippen LogP contribution >= 0.6 is 0 Å². The molecule has 0 spiro atoms. The van der Waals surface area contributed by atoms with Crippen LogP contribution in [0.4, 0.5) is 0 Å². The van der Waals surface area contributed by atoms with E-state index in [4.69, 9.17) is 4.74 Å². The zero-order valence-electron chi connectivity index (χ0n) is 12.7. The molecule has 0 aromatic rings. The Bertz CT molecular complexity index is 433. The van der Waals surface area contributed by atoms with Gasteiger partial charge in [0.25, 0.3) is 0 Å². The van der Waals surface area contributed by atoms with E-state index in [2.05, 4.69) is 10.2 Å². The lowest BCUT2D eigenvalue weighted by molar-refractivity contribution is 0.0197. The van der Waals surface area contributed by atoms with Crippen LogP contribution in [0.1, 0.15) is 25.7 Å². The second-order valence-electron chi connectivity index (χ2n) is 6.35. The van der Waals surface area contributed by atoms with Crippen molar-refractivity contribution < 1.29 is 13.2 Å². The van der Waals surface area contributed by atoms with Crippen molar-refractivity contribution in [2.75, 3.05) is 51.7 Å². The molecule has 0 radical (unpaired) electrons. The van der Waals surface area contributed by atoms with Crippen molar-refractivity contribution in [3.05, 3.63) is 0 Å². The highest BCUT2D eigenvalue weighted by Crippen LogP contribution is 2.21. The van der Waals surface area contributed by atoms with Crippen LogP contribution in [0, 0.1) is 0 Å². The molecular weight excluding hydrogens is 290 g/mol. The van der Waals surface area contributed by atoms with Gasteiger partial charge in [-0.25, -0.2) is 12.7 Å². The molecule has 21 heavy (non-hydrogen) atoms. The molecule has 7 heteroatoms. The molecule has 3 rings (SSSR count). The van der Waals surface area contributed by atoms with Crippen LogP contribution in [0.25, 0.3) is 0 Å². The maximum Gasteiger partial charge on any atom is 0.214 e. The Hall–Kier alpha value is -0.210. The Labute approximate surface area is 127 Å². The maximum absolute atomic E-state index is 12.4. The van der Waals surface area contributed by atoms with Crippen LogP contribution in [0.15, 0.2) is 0 Å². The van der Waals surface area contributed by atoms with Gasteiger partial charge >= 0.3 is 0 Å². The molecule has 2 saturated heterocycles. The predicted octanol–water partition coefficient (Wildman–Crippen LogP) is -0.135. The van der Waals surface area contributed by atoms with E-state index in [0.717, 1.165) is 45.7 Å². The van der Waals surface area contributed by atoms with Crippen LogP contribution < -0.4 is 5.32 Å². The summed E-state index contributed by atoms with van der Waals surface area (Å²) in [6, 6.07) is 1.04. The Morgan fingerprint density at radius 1 is 1.10 bits per heavy atom. The zero-order chi connectivity index (χ0) is 14.7. The average molecular weight is 317 g/mol. The molecule has 0 aromatic carbocycles. The van der Waals surface area contributed by atoms with Gasteiger partial charge in [-0.1, -0.05) is 0 Å². The number of hydrogen-bond donors (Lipinski definition) is 1. The van der Waals surface area contributed by atoms with Gasteiger partial charge in [0.1, 0.15) is 0 Å². The maximum atomic E-state index is 12.4. The molecule has 2 aliphatic heterocycles. The molecule has 1 atom stereocenters. The Morgan fingerprint density at radius 2 is 1.86 bits per heavy atom. The molecule has 0 aromatic heterocycles. The number of morpholine rings is 1. The van der Waals surface area contributed by atoms with Gasteiger partial charge in [-0.2, -0.15) is 0 Å². The van der Waals surface area contributed by atoms with Gasteiger partial charge in [-0.15, -0.1) is 0 Å². The summed E-state index contributed by atoms with van der Waals surface area (Å²) in [7, 11) is -3.07. The second-order valence-corrected chi connectivity index (χ2v) is 8.44. The minimum Gasteiger partial charge on any atom is -0.379 e. The first-order valence-electron chi connectivity index (χ1n) is 8.18. The number of sulfonamides is 1. The molecule has 1 N–H and O–H groups in total. The highest BCUT2D eigenvalue weighted by Gasteiger charge is 2.34. The van der Waals surface area contributed by atoms with Crippen molar-refractivity contribution in [2.45, 2.75) is 37.8 Å². The summed E-state index contributed by atoms with van der Waals surface area (Å²) in [5.74, 6) is 0.280. The molecule has 122 valence electrons. The molecule has 0 amide bonds. The molecule has 3 aliphatic rings. The number of nitrogens with one attached hydrogen (secondary N) is 1. The second kappa shape index (κ2) is 6.91. The van der Waals surface area contributed by atoms with E-state index in [1.54, 1.807) is 4.31 Å². The summed E-state index contributed by atoms with van der Waals surface area (Å²) in [4.78, 5) is 2.38. The summed E-state index contributed by atoms with van der Waals surface area (Å²) in [6.07, 6.45) is 4.18. The Balaban J connectivity index is 1.42. The average Bonchev–Trinajstić information content (AvgIpc) is 3.17. The standard InChI is InChI=1S/C14H27N3O3S/c18-21(19,11-1-5-15-13-2-3-13)17-6-4-14(12-17)16-7-9-20-10-8-16/h13-15H,1-12H2. The van der Waals surface area contributed by atoms with Gasteiger partial charge in [0.2, 0.25) is 10.0 Å². The summed E-state index contributed by atoms with van der Waals surface area (Å²) < 4.78 is 31.8. The number of hydrogen-bond acceptors (Lipinski definition) is 5. The predicted molar refractivity (Wildman–Crippen MR) is 81.8 cm³/mol. The van der Waals surface area contributed by atoms with Crippen LogP contribution in [-0.4, -0.2) is 81.4 Å². The fourth-order valence-electron chi connectivity index (χ4n) is 3.18.